The predicted molar refractivity (Wildman–Crippen MR) is 92.3 cm³/mol. The summed E-state index contributed by atoms with van der Waals surface area (Å²) in [4.78, 5) is 12.6. The Kier molecular flexibility index (Phi) is 7.14. The molecule has 0 aliphatic carbocycles. The maximum Gasteiger partial charge on any atom is 0.342 e. The van der Waals surface area contributed by atoms with Crippen LogP contribution in [0.4, 0.5) is 0 Å². The van der Waals surface area contributed by atoms with E-state index in [1.165, 1.54) is 14.0 Å². The molecule has 1 aromatic carbocycles. The van der Waals surface area contributed by atoms with Crippen molar-refractivity contribution in [1.82, 2.24) is 5.09 Å². The smallest absolute Gasteiger partial charge is 0.342 e. The van der Waals surface area contributed by atoms with E-state index in [1.54, 1.807) is 37.7 Å². The number of rotatable bonds is 9. The van der Waals surface area contributed by atoms with E-state index in [9.17, 15) is 14.5 Å². The van der Waals surface area contributed by atoms with Crippen molar-refractivity contribution in [3.8, 4) is 5.75 Å². The van der Waals surface area contributed by atoms with Crippen LogP contribution in [0, 0.1) is 5.92 Å². The first-order valence-corrected chi connectivity index (χ1v) is 10.1. The number of carboxylic acid groups (broad SMARTS) is 1. The Bertz CT molecular complexity index is 578. The van der Waals surface area contributed by atoms with Gasteiger partial charge < -0.3 is 14.4 Å². The van der Waals surface area contributed by atoms with Gasteiger partial charge in [0.1, 0.15) is 17.6 Å². The van der Waals surface area contributed by atoms with Gasteiger partial charge in [-0.25, -0.2) is 5.09 Å². The number of carbonyl (C=O) groups is 1. The van der Waals surface area contributed by atoms with Gasteiger partial charge >= 0.3 is 13.5 Å². The average Bonchev–Trinajstić information content (AvgIpc) is 2.47. The van der Waals surface area contributed by atoms with Gasteiger partial charge in [-0.1, -0.05) is 13.8 Å². The molecule has 6 nitrogen and oxygen atoms in total. The minimum Gasteiger partial charge on any atom is -0.480 e. The highest BCUT2D eigenvalue weighted by atomic mass is 32.2. The van der Waals surface area contributed by atoms with E-state index in [0.29, 0.717) is 5.75 Å². The summed E-state index contributed by atoms with van der Waals surface area (Å²) in [6, 6.07) is 7.08. The van der Waals surface area contributed by atoms with Crippen molar-refractivity contribution in [3.05, 3.63) is 24.3 Å². The zero-order valence-corrected chi connectivity index (χ0v) is 15.7. The Morgan fingerprint density at radius 3 is 2.35 bits per heavy atom. The lowest BCUT2D eigenvalue weighted by atomic mass is 9.90. The molecule has 2 N–H and O–H groups in total. The Hall–Kier alpha value is -1.01. The molecule has 0 radical (unpaired) electrons. The number of ether oxygens (including phenoxy) is 1. The second kappa shape index (κ2) is 8.20. The second-order valence-electron chi connectivity index (χ2n) is 5.63. The lowest BCUT2D eigenvalue weighted by Gasteiger charge is -2.34. The summed E-state index contributed by atoms with van der Waals surface area (Å²) in [5.74, 6) is -0.995. The van der Waals surface area contributed by atoms with Crippen LogP contribution >= 0.6 is 19.3 Å². The lowest BCUT2D eigenvalue weighted by Crippen LogP contribution is -2.52. The van der Waals surface area contributed by atoms with E-state index in [-0.39, 0.29) is 12.3 Å². The van der Waals surface area contributed by atoms with Gasteiger partial charge in [0.05, 0.1) is 0 Å². The van der Waals surface area contributed by atoms with Gasteiger partial charge in [-0.3, -0.25) is 9.36 Å². The van der Waals surface area contributed by atoms with Crippen molar-refractivity contribution in [3.63, 3.8) is 0 Å². The molecule has 1 aromatic rings. The summed E-state index contributed by atoms with van der Waals surface area (Å²) in [6.07, 6.45) is 1.72. The molecular formula is C15H24NO5PS. The van der Waals surface area contributed by atoms with Crippen molar-refractivity contribution in [2.45, 2.75) is 31.2 Å². The number of hydrogen-bond donors (Lipinski definition) is 2. The van der Waals surface area contributed by atoms with Crippen LogP contribution in [0.3, 0.4) is 0 Å². The van der Waals surface area contributed by atoms with Crippen molar-refractivity contribution in [2.75, 3.05) is 19.7 Å². The summed E-state index contributed by atoms with van der Waals surface area (Å²) in [6.45, 7) is 4.97. The zero-order chi connectivity index (χ0) is 17.7. The molecule has 23 heavy (non-hydrogen) atoms. The fraction of sp³-hybridized carbons (Fsp3) is 0.533. The molecule has 2 atom stereocenters. The third kappa shape index (κ3) is 5.24. The minimum absolute atomic E-state index is 0.229. The van der Waals surface area contributed by atoms with Gasteiger partial charge in [0.2, 0.25) is 0 Å². The number of nitrogens with one attached hydrogen (secondary N) is 1. The van der Waals surface area contributed by atoms with E-state index in [0.717, 1.165) is 4.90 Å². The first-order chi connectivity index (χ1) is 10.7. The minimum atomic E-state index is -3.55. The Balaban J connectivity index is 3.05. The van der Waals surface area contributed by atoms with Crippen molar-refractivity contribution in [1.29, 1.82) is 0 Å². The highest BCUT2D eigenvalue weighted by molar-refractivity contribution is 7.98. The van der Waals surface area contributed by atoms with Crippen molar-refractivity contribution < 1.29 is 23.7 Å². The third-order valence-electron chi connectivity index (χ3n) is 3.61. The summed E-state index contributed by atoms with van der Waals surface area (Å²) in [5, 5.41) is 12.2. The molecule has 0 fully saturated rings. The molecule has 0 aliphatic heterocycles. The SMILES string of the molecule is COCP(=O)(N[C@](C)(C(=O)O)C(C)C)Oc1ccc(SC)cc1. The topological polar surface area (TPSA) is 84.9 Å². The summed E-state index contributed by atoms with van der Waals surface area (Å²) in [7, 11) is -2.16. The molecule has 1 unspecified atom stereocenters. The van der Waals surface area contributed by atoms with E-state index >= 15 is 0 Å². The summed E-state index contributed by atoms with van der Waals surface area (Å²) >= 11 is 1.58. The van der Waals surface area contributed by atoms with Crippen LogP contribution in [-0.4, -0.2) is 36.3 Å². The van der Waals surface area contributed by atoms with E-state index in [2.05, 4.69) is 5.09 Å². The number of hydrogen-bond acceptors (Lipinski definition) is 5. The molecule has 0 bridgehead atoms. The molecule has 0 spiro atoms. The van der Waals surface area contributed by atoms with Crippen LogP contribution < -0.4 is 9.61 Å². The standard InChI is InChI=1S/C15H24NO5PS/c1-11(2)15(3,14(17)18)16-22(19,10-20-4)21-12-6-8-13(23-5)9-7-12/h6-9,11H,10H2,1-5H3,(H,16,19)(H,17,18)/t15-,22?/m0/s1. The molecule has 0 aliphatic rings. The molecule has 0 saturated carbocycles. The molecule has 0 amide bonds. The lowest BCUT2D eigenvalue weighted by molar-refractivity contribution is -0.145. The van der Waals surface area contributed by atoms with Crippen LogP contribution in [0.2, 0.25) is 0 Å². The Morgan fingerprint density at radius 1 is 1.39 bits per heavy atom. The molecular weight excluding hydrogens is 337 g/mol. The first kappa shape index (κ1) is 20.0. The number of methoxy groups -OCH3 is 1. The Morgan fingerprint density at radius 2 is 1.96 bits per heavy atom. The van der Waals surface area contributed by atoms with Gasteiger partial charge in [-0.2, -0.15) is 0 Å². The molecule has 130 valence electrons. The highest BCUT2D eigenvalue weighted by Gasteiger charge is 2.43. The number of aliphatic carboxylic acids is 1. The maximum atomic E-state index is 13.0. The molecule has 0 aromatic heterocycles. The van der Waals surface area contributed by atoms with E-state index in [4.69, 9.17) is 9.26 Å². The number of benzene rings is 1. The zero-order valence-electron chi connectivity index (χ0n) is 14.0. The normalized spacial score (nSPS) is 16.6. The molecule has 0 saturated heterocycles. The third-order valence-corrected chi connectivity index (χ3v) is 6.27. The largest absolute Gasteiger partial charge is 0.480 e. The highest BCUT2D eigenvalue weighted by Crippen LogP contribution is 2.46. The van der Waals surface area contributed by atoms with E-state index < -0.39 is 19.0 Å². The summed E-state index contributed by atoms with van der Waals surface area (Å²) in [5.41, 5.74) is -1.40. The van der Waals surface area contributed by atoms with Crippen molar-refractivity contribution in [2.24, 2.45) is 5.92 Å². The van der Waals surface area contributed by atoms with Gasteiger partial charge in [-0.05, 0) is 43.4 Å². The quantitative estimate of drug-likeness (QED) is 0.513. The van der Waals surface area contributed by atoms with Crippen molar-refractivity contribution >= 4 is 25.3 Å². The summed E-state index contributed by atoms with van der Waals surface area (Å²) < 4.78 is 23.6. The van der Waals surface area contributed by atoms with Crippen LogP contribution in [0.5, 0.6) is 5.75 Å². The van der Waals surface area contributed by atoms with Gasteiger partial charge in [0, 0.05) is 12.0 Å². The monoisotopic (exact) mass is 361 g/mol. The number of carboxylic acids is 1. The first-order valence-electron chi connectivity index (χ1n) is 7.11. The average molecular weight is 361 g/mol. The van der Waals surface area contributed by atoms with Crippen LogP contribution in [0.15, 0.2) is 29.2 Å². The molecule has 0 heterocycles. The molecule has 8 heteroatoms. The fourth-order valence-electron chi connectivity index (χ4n) is 1.84. The maximum absolute atomic E-state index is 13.0. The van der Waals surface area contributed by atoms with Gasteiger partial charge in [0.15, 0.2) is 0 Å². The fourth-order valence-corrected chi connectivity index (χ4v) is 4.27. The second-order valence-corrected chi connectivity index (χ2v) is 8.52. The van der Waals surface area contributed by atoms with Gasteiger partial charge in [-0.15, -0.1) is 11.8 Å². The number of thioether (sulfide) groups is 1. The Labute approximate surface area is 141 Å². The van der Waals surface area contributed by atoms with Crippen LogP contribution in [0.1, 0.15) is 20.8 Å². The predicted octanol–water partition coefficient (Wildman–Crippen LogP) is 3.67. The van der Waals surface area contributed by atoms with Crippen LogP contribution in [0.25, 0.3) is 0 Å². The van der Waals surface area contributed by atoms with Gasteiger partial charge in [0.25, 0.3) is 0 Å². The van der Waals surface area contributed by atoms with E-state index in [1.807, 2.05) is 18.4 Å². The van der Waals surface area contributed by atoms with Crippen LogP contribution in [-0.2, 0) is 14.1 Å². The molecule has 1 rings (SSSR count).